The van der Waals surface area contributed by atoms with Gasteiger partial charge in [-0.25, -0.2) is 4.98 Å². The van der Waals surface area contributed by atoms with Gasteiger partial charge in [-0.15, -0.1) is 0 Å². The third-order valence-electron chi connectivity index (χ3n) is 3.61. The van der Waals surface area contributed by atoms with Crippen molar-refractivity contribution < 1.29 is 26.9 Å². The Morgan fingerprint density at radius 1 is 1.30 bits per heavy atom. The SMILES string of the molecule is CCC(C)c1cc([N+](=O)[O-])cc2[nH]c(C(F)(F)C(F)(F)F)nc12. The fourth-order valence-electron chi connectivity index (χ4n) is 2.11. The second kappa shape index (κ2) is 5.43. The number of non-ortho nitro benzene ring substituents is 1. The van der Waals surface area contributed by atoms with Crippen LogP contribution in [0, 0.1) is 10.1 Å². The van der Waals surface area contributed by atoms with Gasteiger partial charge in [0, 0.05) is 12.1 Å². The molecule has 2 rings (SSSR count). The average molecular weight is 337 g/mol. The molecular weight excluding hydrogens is 325 g/mol. The number of nitrogens with one attached hydrogen (secondary N) is 1. The first-order chi connectivity index (χ1) is 10.5. The number of nitro benzene ring substituents is 1. The molecule has 0 saturated carbocycles. The molecule has 0 amide bonds. The van der Waals surface area contributed by atoms with Gasteiger partial charge >= 0.3 is 12.1 Å². The molecule has 1 unspecified atom stereocenters. The Morgan fingerprint density at radius 3 is 2.39 bits per heavy atom. The molecule has 0 radical (unpaired) electrons. The lowest BCUT2D eigenvalue weighted by Crippen LogP contribution is -2.34. The molecule has 10 heteroatoms. The van der Waals surface area contributed by atoms with Crippen LogP contribution < -0.4 is 0 Å². The molecule has 5 nitrogen and oxygen atoms in total. The quantitative estimate of drug-likeness (QED) is 0.502. The van der Waals surface area contributed by atoms with Crippen LogP contribution >= 0.6 is 0 Å². The summed E-state index contributed by atoms with van der Waals surface area (Å²) >= 11 is 0. The number of fused-ring (bicyclic) bond motifs is 1. The molecule has 1 atom stereocenters. The molecule has 0 spiro atoms. The van der Waals surface area contributed by atoms with Crippen LogP contribution in [0.4, 0.5) is 27.6 Å². The molecule has 1 N–H and O–H groups in total. The number of rotatable bonds is 4. The fraction of sp³-hybridized carbons (Fsp3) is 0.462. The Balaban J connectivity index is 2.73. The second-order valence-electron chi connectivity index (χ2n) is 5.16. The molecule has 0 saturated heterocycles. The topological polar surface area (TPSA) is 71.8 Å². The predicted octanol–water partition coefficient (Wildman–Crippen LogP) is 4.64. The van der Waals surface area contributed by atoms with Crippen molar-refractivity contribution in [1.29, 1.82) is 0 Å². The highest BCUT2D eigenvalue weighted by Gasteiger charge is 2.61. The monoisotopic (exact) mass is 337 g/mol. The minimum Gasteiger partial charge on any atom is -0.336 e. The van der Waals surface area contributed by atoms with Crippen molar-refractivity contribution >= 4 is 16.7 Å². The summed E-state index contributed by atoms with van der Waals surface area (Å²) in [5.74, 6) is -7.05. The zero-order valence-electron chi connectivity index (χ0n) is 12.0. The summed E-state index contributed by atoms with van der Waals surface area (Å²) in [4.78, 5) is 15.4. The molecule has 1 heterocycles. The highest BCUT2D eigenvalue weighted by Crippen LogP contribution is 2.43. The Morgan fingerprint density at radius 2 is 1.91 bits per heavy atom. The van der Waals surface area contributed by atoms with Crippen molar-refractivity contribution in [3.8, 4) is 0 Å². The number of H-pyrrole nitrogens is 1. The van der Waals surface area contributed by atoms with Gasteiger partial charge in [-0.1, -0.05) is 13.8 Å². The lowest BCUT2D eigenvalue weighted by Gasteiger charge is -2.16. The first-order valence-corrected chi connectivity index (χ1v) is 6.62. The first kappa shape index (κ1) is 17.1. The van der Waals surface area contributed by atoms with Crippen molar-refractivity contribution in [2.75, 3.05) is 0 Å². The Kier molecular flexibility index (Phi) is 4.03. The maximum absolute atomic E-state index is 13.4. The minimum atomic E-state index is -5.82. The molecule has 0 bridgehead atoms. The highest BCUT2D eigenvalue weighted by atomic mass is 19.4. The number of hydrogen-bond donors (Lipinski definition) is 1. The Hall–Kier alpha value is -2.26. The third kappa shape index (κ3) is 2.84. The van der Waals surface area contributed by atoms with E-state index in [9.17, 15) is 32.1 Å². The standard InChI is InChI=1S/C13H12F5N3O2/c1-3-6(2)8-4-7(21(22)23)5-9-10(8)20-11(19-9)12(14,15)13(16,17)18/h4-6H,3H2,1-2H3,(H,19,20). The van der Waals surface area contributed by atoms with E-state index < -0.39 is 28.5 Å². The van der Waals surface area contributed by atoms with Gasteiger partial charge in [0.05, 0.1) is 16.0 Å². The summed E-state index contributed by atoms with van der Waals surface area (Å²) in [6.07, 6.45) is -5.31. The first-order valence-electron chi connectivity index (χ1n) is 6.62. The van der Waals surface area contributed by atoms with Crippen LogP contribution in [0.3, 0.4) is 0 Å². The van der Waals surface area contributed by atoms with Gasteiger partial charge < -0.3 is 4.98 Å². The van der Waals surface area contributed by atoms with Crippen molar-refractivity contribution in [2.24, 2.45) is 0 Å². The van der Waals surface area contributed by atoms with Crippen molar-refractivity contribution in [3.05, 3.63) is 33.6 Å². The zero-order chi connectivity index (χ0) is 17.6. The molecule has 1 aromatic carbocycles. The maximum Gasteiger partial charge on any atom is 0.461 e. The summed E-state index contributed by atoms with van der Waals surface area (Å²) in [5, 5.41) is 10.9. The van der Waals surface area contributed by atoms with Crippen LogP contribution in [0.25, 0.3) is 11.0 Å². The second-order valence-corrected chi connectivity index (χ2v) is 5.16. The summed E-state index contributed by atoms with van der Waals surface area (Å²) in [7, 11) is 0. The van der Waals surface area contributed by atoms with E-state index in [2.05, 4.69) is 4.98 Å². The van der Waals surface area contributed by atoms with Gasteiger partial charge in [0.2, 0.25) is 0 Å². The van der Waals surface area contributed by atoms with E-state index in [0.717, 1.165) is 12.1 Å². The zero-order valence-corrected chi connectivity index (χ0v) is 12.0. The normalized spacial score (nSPS) is 14.2. The number of nitrogens with zero attached hydrogens (tertiary/aromatic N) is 2. The van der Waals surface area contributed by atoms with Crippen molar-refractivity contribution in [1.82, 2.24) is 9.97 Å². The number of hydrogen-bond acceptors (Lipinski definition) is 3. The molecule has 1 aromatic heterocycles. The molecule has 2 aromatic rings. The number of halogens is 5. The van der Waals surface area contributed by atoms with Crippen LogP contribution in [0.15, 0.2) is 12.1 Å². The van der Waals surface area contributed by atoms with E-state index in [1.165, 1.54) is 0 Å². The fourth-order valence-corrected chi connectivity index (χ4v) is 2.11. The van der Waals surface area contributed by atoms with E-state index in [1.54, 1.807) is 13.8 Å². The van der Waals surface area contributed by atoms with Gasteiger partial charge in [-0.3, -0.25) is 10.1 Å². The van der Waals surface area contributed by atoms with Gasteiger partial charge in [0.25, 0.3) is 5.69 Å². The van der Waals surface area contributed by atoms with Crippen LogP contribution in [0.1, 0.15) is 37.6 Å². The average Bonchev–Trinajstić information content (AvgIpc) is 2.88. The van der Waals surface area contributed by atoms with Gasteiger partial charge in [-0.2, -0.15) is 22.0 Å². The lowest BCUT2D eigenvalue weighted by atomic mass is 9.97. The van der Waals surface area contributed by atoms with Gasteiger partial charge in [-0.05, 0) is 17.9 Å². The predicted molar refractivity (Wildman–Crippen MR) is 71.4 cm³/mol. The van der Waals surface area contributed by atoms with Gasteiger partial charge in [0.15, 0.2) is 5.82 Å². The summed E-state index contributed by atoms with van der Waals surface area (Å²) in [6, 6.07) is 2.04. The molecule has 0 aliphatic carbocycles. The number of alkyl halides is 5. The molecular formula is C13H12F5N3O2. The van der Waals surface area contributed by atoms with E-state index >= 15 is 0 Å². The minimum absolute atomic E-state index is 0.121. The Labute approximate surface area is 126 Å². The van der Waals surface area contributed by atoms with E-state index in [0.29, 0.717) is 6.42 Å². The summed E-state index contributed by atoms with van der Waals surface area (Å²) < 4.78 is 64.2. The number of imidazole rings is 1. The van der Waals surface area contributed by atoms with Crippen LogP contribution in [0.5, 0.6) is 0 Å². The summed E-state index contributed by atoms with van der Waals surface area (Å²) in [6.45, 7) is 3.43. The van der Waals surface area contributed by atoms with Crippen LogP contribution in [-0.2, 0) is 5.92 Å². The number of benzene rings is 1. The molecule has 0 aliphatic rings. The largest absolute Gasteiger partial charge is 0.461 e. The lowest BCUT2D eigenvalue weighted by molar-refractivity contribution is -0.384. The van der Waals surface area contributed by atoms with Crippen LogP contribution in [-0.4, -0.2) is 21.1 Å². The van der Waals surface area contributed by atoms with Crippen molar-refractivity contribution in [3.63, 3.8) is 0 Å². The summed E-state index contributed by atoms with van der Waals surface area (Å²) in [5.41, 5.74) is -0.507. The number of aromatic nitrogens is 2. The van der Waals surface area contributed by atoms with Crippen LogP contribution in [0.2, 0.25) is 0 Å². The molecule has 126 valence electrons. The van der Waals surface area contributed by atoms with Crippen molar-refractivity contribution in [2.45, 2.75) is 38.3 Å². The van der Waals surface area contributed by atoms with E-state index in [4.69, 9.17) is 0 Å². The molecule has 23 heavy (non-hydrogen) atoms. The number of nitro groups is 1. The van der Waals surface area contributed by atoms with E-state index in [-0.39, 0.29) is 22.5 Å². The Bertz CT molecular complexity index is 754. The third-order valence-corrected chi connectivity index (χ3v) is 3.61. The smallest absolute Gasteiger partial charge is 0.336 e. The molecule has 0 aliphatic heterocycles. The number of aromatic amines is 1. The maximum atomic E-state index is 13.4. The highest BCUT2D eigenvalue weighted by molar-refractivity contribution is 5.82. The van der Waals surface area contributed by atoms with Gasteiger partial charge in [0.1, 0.15) is 0 Å². The van der Waals surface area contributed by atoms with E-state index in [1.807, 2.05) is 4.98 Å². The molecule has 0 fully saturated rings.